The molecule has 0 amide bonds. The first-order valence-corrected chi connectivity index (χ1v) is 7.90. The van der Waals surface area contributed by atoms with Crippen molar-refractivity contribution in [1.82, 2.24) is 0 Å². The molecule has 0 aromatic heterocycles. The van der Waals surface area contributed by atoms with Gasteiger partial charge in [0.25, 0.3) is 0 Å². The normalized spacial score (nSPS) is 14.6. The first-order valence-electron chi connectivity index (χ1n) is 7.90. The van der Waals surface area contributed by atoms with Crippen molar-refractivity contribution >= 4 is 10.8 Å². The Labute approximate surface area is 132 Å². The van der Waals surface area contributed by atoms with E-state index in [1.165, 1.54) is 38.6 Å². The number of rotatable bonds is 2. The Bertz CT molecular complexity index is 897. The van der Waals surface area contributed by atoms with Crippen molar-refractivity contribution in [3.05, 3.63) is 83.9 Å². The molecule has 0 heteroatoms. The fraction of sp³-hybridized carbons (Fsp3) is 0.182. The van der Waals surface area contributed by atoms with Crippen molar-refractivity contribution in [1.29, 1.82) is 0 Å². The van der Waals surface area contributed by atoms with Crippen molar-refractivity contribution in [3.8, 4) is 11.1 Å². The average molecular weight is 284 g/mol. The standard InChI is InChI=1S/C22H20/c1-4-7-15-10-12-18-20(14-15)22(2,3)19-13-11-16-8-5-6-9-17(16)21(18)19/h4-6,8-14H,1,7H2,2-3H3. The fourth-order valence-electron chi connectivity index (χ4n) is 3.85. The molecule has 4 rings (SSSR count). The van der Waals surface area contributed by atoms with Gasteiger partial charge in [0.05, 0.1) is 0 Å². The highest BCUT2D eigenvalue weighted by Crippen LogP contribution is 2.51. The van der Waals surface area contributed by atoms with Crippen LogP contribution in [0.15, 0.2) is 67.3 Å². The molecule has 0 spiro atoms. The van der Waals surface area contributed by atoms with Crippen molar-refractivity contribution in [2.45, 2.75) is 25.7 Å². The van der Waals surface area contributed by atoms with Crippen LogP contribution in [-0.4, -0.2) is 0 Å². The van der Waals surface area contributed by atoms with Gasteiger partial charge in [-0.3, -0.25) is 0 Å². The molecule has 0 saturated heterocycles. The van der Waals surface area contributed by atoms with Crippen LogP contribution in [0.5, 0.6) is 0 Å². The Morgan fingerprint density at radius 2 is 1.77 bits per heavy atom. The van der Waals surface area contributed by atoms with Gasteiger partial charge in [-0.05, 0) is 45.0 Å². The third-order valence-electron chi connectivity index (χ3n) is 5.01. The molecular weight excluding hydrogens is 264 g/mol. The maximum absolute atomic E-state index is 3.87. The van der Waals surface area contributed by atoms with Crippen LogP contribution in [0.4, 0.5) is 0 Å². The molecule has 0 bridgehead atoms. The van der Waals surface area contributed by atoms with E-state index in [4.69, 9.17) is 0 Å². The third kappa shape index (κ3) is 1.70. The lowest BCUT2D eigenvalue weighted by molar-refractivity contribution is 0.660. The highest BCUT2D eigenvalue weighted by molar-refractivity contribution is 6.02. The molecule has 108 valence electrons. The Hall–Kier alpha value is -2.34. The van der Waals surface area contributed by atoms with E-state index in [0.29, 0.717) is 0 Å². The molecule has 22 heavy (non-hydrogen) atoms. The number of hydrogen-bond donors (Lipinski definition) is 0. The van der Waals surface area contributed by atoms with E-state index < -0.39 is 0 Å². The van der Waals surface area contributed by atoms with Gasteiger partial charge in [0.2, 0.25) is 0 Å². The van der Waals surface area contributed by atoms with Gasteiger partial charge in [0, 0.05) is 5.41 Å². The largest absolute Gasteiger partial charge is 0.103 e. The van der Waals surface area contributed by atoms with Crippen LogP contribution in [0.1, 0.15) is 30.5 Å². The predicted molar refractivity (Wildman–Crippen MR) is 95.4 cm³/mol. The quantitative estimate of drug-likeness (QED) is 0.516. The van der Waals surface area contributed by atoms with Crippen molar-refractivity contribution < 1.29 is 0 Å². The van der Waals surface area contributed by atoms with E-state index in [-0.39, 0.29) is 5.41 Å². The average Bonchev–Trinajstić information content (AvgIpc) is 2.76. The fourth-order valence-corrected chi connectivity index (χ4v) is 3.85. The van der Waals surface area contributed by atoms with E-state index in [2.05, 4.69) is 75.0 Å². The minimum Gasteiger partial charge on any atom is -0.103 e. The zero-order valence-corrected chi connectivity index (χ0v) is 13.2. The van der Waals surface area contributed by atoms with Crippen LogP contribution in [-0.2, 0) is 11.8 Å². The molecule has 0 unspecified atom stereocenters. The van der Waals surface area contributed by atoms with E-state index in [1.807, 2.05) is 6.08 Å². The van der Waals surface area contributed by atoms with Gasteiger partial charge in [-0.25, -0.2) is 0 Å². The van der Waals surface area contributed by atoms with Gasteiger partial charge < -0.3 is 0 Å². The van der Waals surface area contributed by atoms with Crippen LogP contribution < -0.4 is 0 Å². The second-order valence-electron chi connectivity index (χ2n) is 6.71. The van der Waals surface area contributed by atoms with Gasteiger partial charge in [0.15, 0.2) is 0 Å². The summed E-state index contributed by atoms with van der Waals surface area (Å²) in [5.41, 5.74) is 7.10. The van der Waals surface area contributed by atoms with Gasteiger partial charge in [0.1, 0.15) is 0 Å². The number of fused-ring (bicyclic) bond motifs is 5. The first-order chi connectivity index (χ1) is 10.6. The Morgan fingerprint density at radius 1 is 0.955 bits per heavy atom. The lowest BCUT2D eigenvalue weighted by Crippen LogP contribution is -2.15. The summed E-state index contributed by atoms with van der Waals surface area (Å²) in [6, 6.07) is 20.2. The topological polar surface area (TPSA) is 0 Å². The monoisotopic (exact) mass is 284 g/mol. The van der Waals surface area contributed by atoms with Crippen LogP contribution in [0.2, 0.25) is 0 Å². The summed E-state index contributed by atoms with van der Waals surface area (Å²) in [5.74, 6) is 0. The second kappa shape index (κ2) is 4.58. The SMILES string of the molecule is C=CCc1ccc2c(c1)C(C)(C)c1ccc3ccccc3c1-2. The molecule has 0 fully saturated rings. The second-order valence-corrected chi connectivity index (χ2v) is 6.71. The van der Waals surface area contributed by atoms with E-state index >= 15 is 0 Å². The van der Waals surface area contributed by atoms with Gasteiger partial charge in [-0.1, -0.05) is 74.5 Å². The molecule has 0 atom stereocenters. The number of allylic oxidation sites excluding steroid dienone is 1. The van der Waals surface area contributed by atoms with Crippen molar-refractivity contribution in [3.63, 3.8) is 0 Å². The minimum atomic E-state index is 0.0614. The molecule has 0 N–H and O–H groups in total. The summed E-state index contributed by atoms with van der Waals surface area (Å²) in [6.07, 6.45) is 2.91. The Morgan fingerprint density at radius 3 is 2.59 bits per heavy atom. The smallest absolute Gasteiger partial charge is 0.0159 e. The van der Waals surface area contributed by atoms with Crippen molar-refractivity contribution in [2.24, 2.45) is 0 Å². The maximum atomic E-state index is 3.87. The molecule has 1 aliphatic carbocycles. The summed E-state index contributed by atoms with van der Waals surface area (Å²) in [6.45, 7) is 8.54. The summed E-state index contributed by atoms with van der Waals surface area (Å²) < 4.78 is 0. The molecular formula is C22H20. The molecule has 0 heterocycles. The van der Waals surface area contributed by atoms with Crippen molar-refractivity contribution in [2.75, 3.05) is 0 Å². The number of benzene rings is 3. The maximum Gasteiger partial charge on any atom is 0.0159 e. The van der Waals surface area contributed by atoms with E-state index in [0.717, 1.165) is 6.42 Å². The van der Waals surface area contributed by atoms with Crippen LogP contribution in [0, 0.1) is 0 Å². The Kier molecular flexibility index (Phi) is 2.77. The molecule has 3 aromatic rings. The van der Waals surface area contributed by atoms with Gasteiger partial charge in [-0.15, -0.1) is 6.58 Å². The predicted octanol–water partition coefficient (Wildman–Crippen LogP) is 5.87. The van der Waals surface area contributed by atoms with Crippen LogP contribution >= 0.6 is 0 Å². The van der Waals surface area contributed by atoms with Crippen LogP contribution in [0.3, 0.4) is 0 Å². The summed E-state index contributed by atoms with van der Waals surface area (Å²) >= 11 is 0. The lowest BCUT2D eigenvalue weighted by atomic mass is 9.81. The third-order valence-corrected chi connectivity index (χ3v) is 5.01. The summed E-state index contributed by atoms with van der Waals surface area (Å²) in [4.78, 5) is 0. The molecule has 0 saturated carbocycles. The zero-order chi connectivity index (χ0) is 15.3. The van der Waals surface area contributed by atoms with Gasteiger partial charge >= 0.3 is 0 Å². The highest BCUT2D eigenvalue weighted by Gasteiger charge is 2.36. The van der Waals surface area contributed by atoms with Gasteiger partial charge in [-0.2, -0.15) is 0 Å². The zero-order valence-electron chi connectivity index (χ0n) is 13.2. The first kappa shape index (κ1) is 13.3. The lowest BCUT2D eigenvalue weighted by Gasteiger charge is -2.22. The van der Waals surface area contributed by atoms with Crippen LogP contribution in [0.25, 0.3) is 21.9 Å². The highest BCUT2D eigenvalue weighted by atomic mass is 14.4. The Balaban J connectivity index is 2.07. The molecule has 0 radical (unpaired) electrons. The molecule has 0 nitrogen and oxygen atoms in total. The number of hydrogen-bond acceptors (Lipinski definition) is 0. The minimum absolute atomic E-state index is 0.0614. The van der Waals surface area contributed by atoms with E-state index in [9.17, 15) is 0 Å². The summed E-state index contributed by atoms with van der Waals surface area (Å²) in [7, 11) is 0. The van der Waals surface area contributed by atoms with E-state index in [1.54, 1.807) is 0 Å². The molecule has 0 aliphatic heterocycles. The summed E-state index contributed by atoms with van der Waals surface area (Å²) in [5, 5.41) is 2.68. The molecule has 1 aliphatic rings. The molecule has 3 aromatic carbocycles.